The average molecular weight is 640 g/mol. The second kappa shape index (κ2) is 12.3. The third kappa shape index (κ3) is 5.68. The monoisotopic (exact) mass is 639 g/mol. The van der Waals surface area contributed by atoms with Crippen molar-refractivity contribution in [2.45, 2.75) is 38.5 Å². The van der Waals surface area contributed by atoms with E-state index in [0.29, 0.717) is 48.3 Å². The molecule has 48 heavy (non-hydrogen) atoms. The van der Waals surface area contributed by atoms with Crippen molar-refractivity contribution in [3.05, 3.63) is 154 Å². The van der Waals surface area contributed by atoms with E-state index in [2.05, 4.69) is 4.98 Å². The summed E-state index contributed by atoms with van der Waals surface area (Å²) in [7, 11) is 0. The molecule has 2 aliphatic heterocycles. The molecule has 0 bridgehead atoms. The fourth-order valence-corrected chi connectivity index (χ4v) is 7.27. The van der Waals surface area contributed by atoms with Gasteiger partial charge in [-0.2, -0.15) is 4.98 Å². The molecule has 4 aromatic carbocycles. The molecule has 7 nitrogen and oxygen atoms in total. The highest BCUT2D eigenvalue weighted by Gasteiger charge is 2.54. The lowest BCUT2D eigenvalue weighted by molar-refractivity contribution is -0.0559. The van der Waals surface area contributed by atoms with Gasteiger partial charge < -0.3 is 14.4 Å². The Morgan fingerprint density at radius 3 is 2.19 bits per heavy atom. The van der Waals surface area contributed by atoms with Crippen molar-refractivity contribution in [1.29, 1.82) is 0 Å². The molecule has 2 amide bonds. The Hall–Kier alpha value is -5.50. The fraction of sp³-hybridized carbons (Fsp3) is 0.225. The molecule has 8 heteroatoms. The lowest BCUT2D eigenvalue weighted by atomic mass is 9.56. The highest BCUT2D eigenvalue weighted by molar-refractivity contribution is 6.11. The van der Waals surface area contributed by atoms with Crippen LogP contribution in [0.2, 0.25) is 0 Å². The van der Waals surface area contributed by atoms with Gasteiger partial charge in [0.1, 0.15) is 24.7 Å². The van der Waals surface area contributed by atoms with Gasteiger partial charge in [-0.05, 0) is 71.3 Å². The van der Waals surface area contributed by atoms with Gasteiger partial charge in [-0.3, -0.25) is 14.5 Å². The van der Waals surface area contributed by atoms with Crippen molar-refractivity contribution in [2.24, 2.45) is 5.41 Å². The van der Waals surface area contributed by atoms with E-state index in [0.717, 1.165) is 35.1 Å². The molecule has 240 valence electrons. The number of aromatic nitrogens is 1. The third-order valence-corrected chi connectivity index (χ3v) is 9.75. The quantitative estimate of drug-likeness (QED) is 0.167. The van der Waals surface area contributed by atoms with Crippen LogP contribution in [0.4, 0.5) is 10.1 Å². The maximum atomic E-state index is 14.3. The van der Waals surface area contributed by atoms with E-state index in [1.54, 1.807) is 35.2 Å². The molecule has 5 aromatic rings. The topological polar surface area (TPSA) is 72.0 Å². The van der Waals surface area contributed by atoms with Crippen molar-refractivity contribution < 1.29 is 23.5 Å². The first-order valence-corrected chi connectivity index (χ1v) is 16.3. The molecule has 2 fully saturated rings. The first kappa shape index (κ1) is 29.9. The number of likely N-dealkylation sites (tertiary alicyclic amines) is 1. The summed E-state index contributed by atoms with van der Waals surface area (Å²) >= 11 is 0. The molecule has 1 spiro atoms. The normalized spacial score (nSPS) is 16.3. The minimum absolute atomic E-state index is 0.0443. The number of hydrogen-bond acceptors (Lipinski definition) is 5. The Balaban J connectivity index is 0.965. The van der Waals surface area contributed by atoms with E-state index in [-0.39, 0.29) is 42.1 Å². The summed E-state index contributed by atoms with van der Waals surface area (Å²) in [5.41, 5.74) is 5.26. The average Bonchev–Trinajstić information content (AvgIpc) is 3.41. The molecular formula is C40H34FN3O4. The van der Waals surface area contributed by atoms with Gasteiger partial charge >= 0.3 is 0 Å². The van der Waals surface area contributed by atoms with Gasteiger partial charge in [0.2, 0.25) is 11.8 Å². The van der Waals surface area contributed by atoms with Gasteiger partial charge in [-0.15, -0.1) is 0 Å². The largest absolute Gasteiger partial charge is 0.473 e. The summed E-state index contributed by atoms with van der Waals surface area (Å²) in [5, 5.41) is 0. The van der Waals surface area contributed by atoms with Crippen LogP contribution in [0.3, 0.4) is 0 Å². The fourth-order valence-electron chi connectivity index (χ4n) is 7.27. The van der Waals surface area contributed by atoms with Gasteiger partial charge in [-0.25, -0.2) is 4.39 Å². The highest BCUT2D eigenvalue weighted by atomic mass is 19.1. The number of nitrogens with zero attached hydrogens (tertiary/aromatic N) is 3. The summed E-state index contributed by atoms with van der Waals surface area (Å²) in [5.74, 6) is 0.524. The Kier molecular flexibility index (Phi) is 7.63. The van der Waals surface area contributed by atoms with Gasteiger partial charge in [0.15, 0.2) is 0 Å². The van der Waals surface area contributed by atoms with Gasteiger partial charge in [-0.1, -0.05) is 78.9 Å². The second-order valence-electron chi connectivity index (χ2n) is 13.1. The van der Waals surface area contributed by atoms with E-state index >= 15 is 0 Å². The van der Waals surface area contributed by atoms with Crippen molar-refractivity contribution in [2.75, 3.05) is 18.0 Å². The zero-order chi connectivity index (χ0) is 32.7. The maximum Gasteiger partial charge on any atom is 0.259 e. The molecule has 1 aliphatic carbocycles. The molecule has 0 N–H and O–H groups in total. The summed E-state index contributed by atoms with van der Waals surface area (Å²) in [4.78, 5) is 35.4. The van der Waals surface area contributed by atoms with E-state index in [1.807, 2.05) is 83.8 Å². The smallest absolute Gasteiger partial charge is 0.259 e. The number of rotatable bonds is 9. The van der Waals surface area contributed by atoms with Crippen LogP contribution in [0.5, 0.6) is 11.8 Å². The third-order valence-electron chi connectivity index (χ3n) is 9.75. The number of hydrogen-bond donors (Lipinski definition) is 0. The number of carbonyl (C=O) groups is 2. The Bertz CT molecular complexity index is 1990. The summed E-state index contributed by atoms with van der Waals surface area (Å²) in [6.07, 6.45) is 1.79. The number of ether oxygens (including phenoxy) is 2. The second-order valence-corrected chi connectivity index (χ2v) is 13.1. The number of pyridine rings is 1. The molecule has 1 aromatic heterocycles. The molecular weight excluding hydrogens is 605 g/mol. The lowest BCUT2D eigenvalue weighted by Gasteiger charge is -2.59. The molecule has 0 radical (unpaired) electrons. The molecule has 0 unspecified atom stereocenters. The molecule has 3 aliphatic rings. The maximum absolute atomic E-state index is 14.3. The van der Waals surface area contributed by atoms with E-state index < -0.39 is 0 Å². The van der Waals surface area contributed by atoms with Crippen molar-refractivity contribution in [3.8, 4) is 11.8 Å². The Labute approximate surface area is 278 Å². The zero-order valence-corrected chi connectivity index (χ0v) is 26.3. The first-order valence-electron chi connectivity index (χ1n) is 16.3. The lowest BCUT2D eigenvalue weighted by Crippen LogP contribution is -2.63. The van der Waals surface area contributed by atoms with E-state index in [1.165, 1.54) is 6.07 Å². The van der Waals surface area contributed by atoms with Crippen LogP contribution < -0.4 is 14.4 Å². The standard InChI is InChI=1S/C40H34FN3O4/c41-34-14-8-7-13-32(34)31-20-40(21-31)25-43(26-40)38(45)29-15-16-33-30(19-29)22-44(39(33)46)35-17-18-36(47-23-27-9-3-1-4-10-27)42-37(35)48-24-28-11-5-2-6-12-28/h1-19,31H,20-26H2. The van der Waals surface area contributed by atoms with Crippen molar-refractivity contribution >= 4 is 17.5 Å². The molecule has 1 saturated heterocycles. The van der Waals surface area contributed by atoms with Crippen LogP contribution in [0.15, 0.2) is 115 Å². The SMILES string of the molecule is O=C(c1ccc2c(c1)CN(c1ccc(OCc3ccccc3)nc1OCc1ccccc1)C2=O)N1CC2(CC(c3ccccc3F)C2)C1. The highest BCUT2D eigenvalue weighted by Crippen LogP contribution is 2.56. The van der Waals surface area contributed by atoms with Crippen molar-refractivity contribution in [3.63, 3.8) is 0 Å². The number of halogens is 1. The Morgan fingerprint density at radius 2 is 1.48 bits per heavy atom. The molecule has 0 atom stereocenters. The number of benzene rings is 4. The molecule has 8 rings (SSSR count). The van der Waals surface area contributed by atoms with Crippen LogP contribution in [-0.4, -0.2) is 34.8 Å². The van der Waals surface area contributed by atoms with Crippen LogP contribution in [-0.2, 0) is 19.8 Å². The number of amides is 2. The Morgan fingerprint density at radius 1 is 0.812 bits per heavy atom. The van der Waals surface area contributed by atoms with E-state index in [9.17, 15) is 14.0 Å². The van der Waals surface area contributed by atoms with Crippen LogP contribution in [0.1, 0.15) is 61.7 Å². The minimum atomic E-state index is -0.176. The number of fused-ring (bicyclic) bond motifs is 1. The van der Waals surface area contributed by atoms with E-state index in [4.69, 9.17) is 9.47 Å². The summed E-state index contributed by atoms with van der Waals surface area (Å²) < 4.78 is 26.4. The summed E-state index contributed by atoms with van der Waals surface area (Å²) in [6.45, 7) is 2.25. The summed E-state index contributed by atoms with van der Waals surface area (Å²) in [6, 6.07) is 35.5. The van der Waals surface area contributed by atoms with Gasteiger partial charge in [0.05, 0.1) is 6.54 Å². The van der Waals surface area contributed by atoms with Crippen LogP contribution in [0, 0.1) is 11.2 Å². The first-order chi connectivity index (χ1) is 23.4. The minimum Gasteiger partial charge on any atom is -0.473 e. The number of anilines is 1. The molecule has 3 heterocycles. The van der Waals surface area contributed by atoms with Crippen molar-refractivity contribution in [1.82, 2.24) is 9.88 Å². The predicted molar refractivity (Wildman–Crippen MR) is 179 cm³/mol. The zero-order valence-electron chi connectivity index (χ0n) is 26.3. The van der Waals surface area contributed by atoms with Crippen LogP contribution >= 0.6 is 0 Å². The predicted octanol–water partition coefficient (Wildman–Crippen LogP) is 7.56. The number of carbonyl (C=O) groups excluding carboxylic acids is 2. The molecule has 1 saturated carbocycles. The van der Waals surface area contributed by atoms with Gasteiger partial charge in [0, 0.05) is 35.7 Å². The van der Waals surface area contributed by atoms with Gasteiger partial charge in [0.25, 0.3) is 11.8 Å². The van der Waals surface area contributed by atoms with Crippen LogP contribution in [0.25, 0.3) is 0 Å².